The van der Waals surface area contributed by atoms with E-state index in [4.69, 9.17) is 9.47 Å². The van der Waals surface area contributed by atoms with Crippen molar-refractivity contribution in [2.75, 3.05) is 46.0 Å². The number of nitrogens with zero attached hydrogens (tertiary/aromatic N) is 1. The van der Waals surface area contributed by atoms with Crippen LogP contribution < -0.4 is 10.1 Å². The Morgan fingerprint density at radius 2 is 2.00 bits per heavy atom. The van der Waals surface area contributed by atoms with Gasteiger partial charge in [0.15, 0.2) is 0 Å². The maximum absolute atomic E-state index is 11.9. The van der Waals surface area contributed by atoms with Crippen LogP contribution in [0.2, 0.25) is 0 Å². The van der Waals surface area contributed by atoms with Crippen LogP contribution in [0, 0.1) is 0 Å². The molecular formula is C16H24N2O3. The van der Waals surface area contributed by atoms with Crippen molar-refractivity contribution in [3.05, 3.63) is 29.8 Å². The Balaban J connectivity index is 1.66. The topological polar surface area (TPSA) is 50.8 Å². The molecule has 2 rings (SSSR count). The van der Waals surface area contributed by atoms with Crippen molar-refractivity contribution in [1.82, 2.24) is 10.2 Å². The van der Waals surface area contributed by atoms with Gasteiger partial charge in [-0.15, -0.1) is 0 Å². The predicted molar refractivity (Wildman–Crippen MR) is 81.6 cm³/mol. The van der Waals surface area contributed by atoms with Crippen LogP contribution in [0.15, 0.2) is 24.3 Å². The molecule has 0 saturated carbocycles. The second-order valence-electron chi connectivity index (χ2n) is 5.06. The van der Waals surface area contributed by atoms with Crippen molar-refractivity contribution in [2.45, 2.75) is 13.3 Å². The number of hydrogen-bond acceptors (Lipinski definition) is 4. The Labute approximate surface area is 126 Å². The third-order valence-electron chi connectivity index (χ3n) is 3.45. The zero-order chi connectivity index (χ0) is 14.9. The number of amides is 1. The average molecular weight is 292 g/mol. The van der Waals surface area contributed by atoms with Crippen LogP contribution in [0.4, 0.5) is 0 Å². The molecule has 1 saturated heterocycles. The Bertz CT molecular complexity index is 428. The lowest BCUT2D eigenvalue weighted by atomic mass is 10.1. The van der Waals surface area contributed by atoms with Crippen LogP contribution in [0.5, 0.6) is 5.75 Å². The molecule has 1 aliphatic rings. The number of benzene rings is 1. The molecule has 1 aliphatic heterocycles. The Kier molecular flexibility index (Phi) is 6.50. The fourth-order valence-electron chi connectivity index (χ4n) is 2.30. The van der Waals surface area contributed by atoms with E-state index in [0.29, 0.717) is 19.6 Å². The zero-order valence-electron chi connectivity index (χ0n) is 12.6. The highest BCUT2D eigenvalue weighted by Crippen LogP contribution is 2.12. The summed E-state index contributed by atoms with van der Waals surface area (Å²) in [6.07, 6.45) is 0.412. The third kappa shape index (κ3) is 5.73. The number of carbonyl (C=O) groups excluding carboxylic acids is 1. The first-order chi connectivity index (χ1) is 10.3. The monoisotopic (exact) mass is 292 g/mol. The van der Waals surface area contributed by atoms with Crippen LogP contribution in [0.25, 0.3) is 0 Å². The number of carbonyl (C=O) groups is 1. The molecular weight excluding hydrogens is 268 g/mol. The summed E-state index contributed by atoms with van der Waals surface area (Å²) in [5.41, 5.74) is 1.00. The van der Waals surface area contributed by atoms with Gasteiger partial charge in [-0.25, -0.2) is 0 Å². The fourth-order valence-corrected chi connectivity index (χ4v) is 2.30. The summed E-state index contributed by atoms with van der Waals surface area (Å²) < 4.78 is 10.7. The molecule has 1 N–H and O–H groups in total. The summed E-state index contributed by atoms with van der Waals surface area (Å²) in [5.74, 6) is 0.904. The lowest BCUT2D eigenvalue weighted by Crippen LogP contribution is -2.41. The van der Waals surface area contributed by atoms with E-state index in [1.807, 2.05) is 31.2 Å². The van der Waals surface area contributed by atoms with Gasteiger partial charge in [0.1, 0.15) is 5.75 Å². The molecule has 1 aromatic carbocycles. The van der Waals surface area contributed by atoms with Crippen molar-refractivity contribution in [1.29, 1.82) is 0 Å². The van der Waals surface area contributed by atoms with Crippen LogP contribution in [-0.2, 0) is 16.0 Å². The molecule has 0 radical (unpaired) electrons. The largest absolute Gasteiger partial charge is 0.494 e. The van der Waals surface area contributed by atoms with Crippen LogP contribution in [-0.4, -0.2) is 56.8 Å². The summed E-state index contributed by atoms with van der Waals surface area (Å²) >= 11 is 0. The van der Waals surface area contributed by atoms with Crippen LogP contribution in [0.3, 0.4) is 0 Å². The van der Waals surface area contributed by atoms with E-state index in [1.54, 1.807) is 0 Å². The molecule has 1 amide bonds. The van der Waals surface area contributed by atoms with Crippen molar-refractivity contribution in [2.24, 2.45) is 0 Å². The molecule has 1 fully saturated rings. The number of nitrogens with one attached hydrogen (secondary N) is 1. The first-order valence-corrected chi connectivity index (χ1v) is 7.56. The molecule has 5 heteroatoms. The molecule has 0 spiro atoms. The van der Waals surface area contributed by atoms with Gasteiger partial charge in [-0.3, -0.25) is 9.69 Å². The van der Waals surface area contributed by atoms with E-state index in [9.17, 15) is 4.79 Å². The first kappa shape index (κ1) is 15.8. The normalized spacial score (nSPS) is 15.7. The van der Waals surface area contributed by atoms with Crippen molar-refractivity contribution < 1.29 is 14.3 Å². The van der Waals surface area contributed by atoms with Gasteiger partial charge < -0.3 is 14.8 Å². The molecule has 0 aliphatic carbocycles. The number of rotatable bonds is 7. The smallest absolute Gasteiger partial charge is 0.224 e. The molecule has 5 nitrogen and oxygen atoms in total. The lowest BCUT2D eigenvalue weighted by molar-refractivity contribution is -0.120. The van der Waals surface area contributed by atoms with Crippen molar-refractivity contribution in [3.63, 3.8) is 0 Å². The van der Waals surface area contributed by atoms with Gasteiger partial charge in [0.05, 0.1) is 26.2 Å². The molecule has 1 aromatic rings. The van der Waals surface area contributed by atoms with E-state index >= 15 is 0 Å². The quantitative estimate of drug-likeness (QED) is 0.817. The van der Waals surface area contributed by atoms with Crippen molar-refractivity contribution in [3.8, 4) is 5.75 Å². The van der Waals surface area contributed by atoms with Gasteiger partial charge in [0.2, 0.25) is 5.91 Å². The summed E-state index contributed by atoms with van der Waals surface area (Å²) in [5, 5.41) is 2.97. The molecule has 116 valence electrons. The third-order valence-corrected chi connectivity index (χ3v) is 3.45. The van der Waals surface area contributed by atoms with Crippen LogP contribution in [0.1, 0.15) is 12.5 Å². The highest BCUT2D eigenvalue weighted by atomic mass is 16.5. The zero-order valence-corrected chi connectivity index (χ0v) is 12.6. The van der Waals surface area contributed by atoms with E-state index < -0.39 is 0 Å². The van der Waals surface area contributed by atoms with E-state index in [0.717, 1.165) is 44.2 Å². The number of ether oxygens (including phenoxy) is 2. The highest BCUT2D eigenvalue weighted by Gasteiger charge is 2.10. The minimum atomic E-state index is 0.0624. The van der Waals surface area contributed by atoms with Gasteiger partial charge >= 0.3 is 0 Å². The van der Waals surface area contributed by atoms with Gasteiger partial charge in [0.25, 0.3) is 0 Å². The minimum Gasteiger partial charge on any atom is -0.494 e. The van der Waals surface area contributed by atoms with Crippen LogP contribution >= 0.6 is 0 Å². The second kappa shape index (κ2) is 8.64. The van der Waals surface area contributed by atoms with Gasteiger partial charge in [-0.1, -0.05) is 12.1 Å². The summed E-state index contributed by atoms with van der Waals surface area (Å²) in [6.45, 7) is 7.68. The second-order valence-corrected chi connectivity index (χ2v) is 5.06. The fraction of sp³-hybridized carbons (Fsp3) is 0.562. The maximum atomic E-state index is 11.9. The van der Waals surface area contributed by atoms with E-state index in [-0.39, 0.29) is 5.91 Å². The van der Waals surface area contributed by atoms with Gasteiger partial charge in [0, 0.05) is 26.2 Å². The molecule has 0 bridgehead atoms. The van der Waals surface area contributed by atoms with Gasteiger partial charge in [-0.2, -0.15) is 0 Å². The molecule has 21 heavy (non-hydrogen) atoms. The maximum Gasteiger partial charge on any atom is 0.224 e. The van der Waals surface area contributed by atoms with Crippen molar-refractivity contribution >= 4 is 5.91 Å². The highest BCUT2D eigenvalue weighted by molar-refractivity contribution is 5.78. The first-order valence-electron chi connectivity index (χ1n) is 7.56. The molecule has 0 atom stereocenters. The summed E-state index contributed by atoms with van der Waals surface area (Å²) in [7, 11) is 0. The SMILES string of the molecule is CCOc1ccc(CC(=O)NCCN2CCOCC2)cc1. The minimum absolute atomic E-state index is 0.0624. The molecule has 0 aromatic heterocycles. The number of morpholine rings is 1. The molecule has 1 heterocycles. The van der Waals surface area contributed by atoms with E-state index in [1.165, 1.54) is 0 Å². The summed E-state index contributed by atoms with van der Waals surface area (Å²) in [6, 6.07) is 7.68. The standard InChI is InChI=1S/C16H24N2O3/c1-2-21-15-5-3-14(4-6-15)13-16(19)17-7-8-18-9-11-20-12-10-18/h3-6H,2,7-13H2,1H3,(H,17,19). The van der Waals surface area contributed by atoms with Gasteiger partial charge in [-0.05, 0) is 24.6 Å². The molecule has 0 unspecified atom stereocenters. The summed E-state index contributed by atoms with van der Waals surface area (Å²) in [4.78, 5) is 14.2. The van der Waals surface area contributed by atoms with E-state index in [2.05, 4.69) is 10.2 Å². The Hall–Kier alpha value is -1.59. The Morgan fingerprint density at radius 1 is 1.29 bits per heavy atom. The number of hydrogen-bond donors (Lipinski definition) is 1. The lowest BCUT2D eigenvalue weighted by Gasteiger charge is -2.26. The average Bonchev–Trinajstić information content (AvgIpc) is 2.51. The predicted octanol–water partition coefficient (Wildman–Crippen LogP) is 1.08. The Morgan fingerprint density at radius 3 is 2.67 bits per heavy atom.